The van der Waals surface area contributed by atoms with Crippen LogP contribution in [0.25, 0.3) is 5.65 Å². The average Bonchev–Trinajstić information content (AvgIpc) is 2.92. The third-order valence-corrected chi connectivity index (χ3v) is 4.17. The molecule has 4 rings (SSSR count). The number of aromatic nitrogens is 2. The van der Waals surface area contributed by atoms with Crippen LogP contribution in [0, 0.1) is 6.92 Å². The Bertz CT molecular complexity index is 866. The van der Waals surface area contributed by atoms with Gasteiger partial charge >= 0.3 is 0 Å². The first-order valence-corrected chi connectivity index (χ1v) is 7.57. The summed E-state index contributed by atoms with van der Waals surface area (Å²) in [5, 5.41) is 0. The first-order chi connectivity index (χ1) is 10.7. The lowest BCUT2D eigenvalue weighted by Crippen LogP contribution is -2.35. The number of pyridine rings is 1. The van der Waals surface area contributed by atoms with Gasteiger partial charge in [0.15, 0.2) is 0 Å². The highest BCUT2D eigenvalue weighted by molar-refractivity contribution is 6.06. The molecule has 0 aliphatic carbocycles. The lowest BCUT2D eigenvalue weighted by Gasteiger charge is -2.29. The van der Waals surface area contributed by atoms with Gasteiger partial charge in [-0.1, -0.05) is 18.2 Å². The fourth-order valence-corrected chi connectivity index (χ4v) is 3.15. The van der Waals surface area contributed by atoms with E-state index in [2.05, 4.69) is 11.1 Å². The van der Waals surface area contributed by atoms with E-state index in [-0.39, 0.29) is 5.91 Å². The van der Waals surface area contributed by atoms with E-state index < -0.39 is 0 Å². The van der Waals surface area contributed by atoms with Crippen LogP contribution in [-0.4, -0.2) is 21.8 Å². The predicted octanol–water partition coefficient (Wildman–Crippen LogP) is 3.24. The van der Waals surface area contributed by atoms with E-state index in [9.17, 15) is 4.79 Å². The molecule has 4 nitrogen and oxygen atoms in total. The molecule has 3 heterocycles. The summed E-state index contributed by atoms with van der Waals surface area (Å²) in [6.07, 6.45) is 5.86. The van der Waals surface area contributed by atoms with Gasteiger partial charge < -0.3 is 9.30 Å². The van der Waals surface area contributed by atoms with Gasteiger partial charge in [-0.2, -0.15) is 0 Å². The highest BCUT2D eigenvalue weighted by Crippen LogP contribution is 2.28. The van der Waals surface area contributed by atoms with Crippen molar-refractivity contribution in [3.63, 3.8) is 0 Å². The molecule has 1 aliphatic rings. The van der Waals surface area contributed by atoms with Crippen LogP contribution in [0.1, 0.15) is 28.0 Å². The van der Waals surface area contributed by atoms with Crippen molar-refractivity contribution in [2.75, 3.05) is 11.4 Å². The summed E-state index contributed by atoms with van der Waals surface area (Å²) in [4.78, 5) is 19.2. The Hall–Kier alpha value is -2.62. The lowest BCUT2D eigenvalue weighted by molar-refractivity contribution is 0.0984. The van der Waals surface area contributed by atoms with E-state index in [4.69, 9.17) is 0 Å². The minimum atomic E-state index is 0.0559. The van der Waals surface area contributed by atoms with Crippen molar-refractivity contribution in [2.45, 2.75) is 19.8 Å². The quantitative estimate of drug-likeness (QED) is 0.690. The van der Waals surface area contributed by atoms with Crippen LogP contribution < -0.4 is 4.90 Å². The molecule has 0 saturated carbocycles. The summed E-state index contributed by atoms with van der Waals surface area (Å²) < 4.78 is 1.92. The van der Waals surface area contributed by atoms with Crippen LogP contribution in [-0.2, 0) is 6.42 Å². The highest BCUT2D eigenvalue weighted by Gasteiger charge is 2.23. The maximum absolute atomic E-state index is 12.9. The molecule has 22 heavy (non-hydrogen) atoms. The Morgan fingerprint density at radius 2 is 2.00 bits per heavy atom. The van der Waals surface area contributed by atoms with Crippen LogP contribution in [0.15, 0.2) is 48.8 Å². The Morgan fingerprint density at radius 1 is 1.14 bits per heavy atom. The van der Waals surface area contributed by atoms with Crippen molar-refractivity contribution in [2.24, 2.45) is 0 Å². The van der Waals surface area contributed by atoms with Gasteiger partial charge in [-0.3, -0.25) is 4.79 Å². The maximum Gasteiger partial charge on any atom is 0.259 e. The monoisotopic (exact) mass is 291 g/mol. The van der Waals surface area contributed by atoms with Gasteiger partial charge in [0.2, 0.25) is 0 Å². The first kappa shape index (κ1) is 13.1. The number of fused-ring (bicyclic) bond motifs is 2. The SMILES string of the molecule is Cc1cn2cc(C(=O)N3CCCc4ccccc43)ccc2n1. The van der Waals surface area contributed by atoms with Gasteiger partial charge in [0.25, 0.3) is 5.91 Å². The van der Waals surface area contributed by atoms with Crippen molar-refractivity contribution in [1.29, 1.82) is 0 Å². The zero-order valence-corrected chi connectivity index (χ0v) is 12.5. The number of anilines is 1. The number of aryl methyl sites for hydroxylation is 2. The number of carbonyl (C=O) groups is 1. The molecule has 0 unspecified atom stereocenters. The number of hydrogen-bond acceptors (Lipinski definition) is 2. The lowest BCUT2D eigenvalue weighted by atomic mass is 10.0. The number of para-hydroxylation sites is 1. The molecular weight excluding hydrogens is 274 g/mol. The van der Waals surface area contributed by atoms with Crippen LogP contribution in [0.3, 0.4) is 0 Å². The summed E-state index contributed by atoms with van der Waals surface area (Å²) in [5.41, 5.74) is 4.81. The number of imidazole rings is 1. The molecule has 110 valence electrons. The topological polar surface area (TPSA) is 37.6 Å². The molecule has 4 heteroatoms. The molecule has 0 spiro atoms. The second kappa shape index (κ2) is 4.98. The Labute approximate surface area is 129 Å². The van der Waals surface area contributed by atoms with Gasteiger partial charge in [0.05, 0.1) is 11.3 Å². The van der Waals surface area contributed by atoms with Crippen molar-refractivity contribution in [1.82, 2.24) is 9.38 Å². The summed E-state index contributed by atoms with van der Waals surface area (Å²) >= 11 is 0. The molecule has 0 bridgehead atoms. The zero-order valence-electron chi connectivity index (χ0n) is 12.5. The van der Waals surface area contributed by atoms with Gasteiger partial charge in [0.1, 0.15) is 5.65 Å². The van der Waals surface area contributed by atoms with Gasteiger partial charge in [-0.25, -0.2) is 4.98 Å². The first-order valence-electron chi connectivity index (χ1n) is 7.57. The van der Waals surface area contributed by atoms with E-state index in [1.807, 2.05) is 58.9 Å². The number of hydrogen-bond donors (Lipinski definition) is 0. The molecular formula is C18H17N3O. The number of carbonyl (C=O) groups excluding carboxylic acids is 1. The normalized spacial score (nSPS) is 14.1. The predicted molar refractivity (Wildman–Crippen MR) is 86.4 cm³/mol. The molecule has 0 fully saturated rings. The van der Waals surface area contributed by atoms with Gasteiger partial charge in [-0.05, 0) is 43.5 Å². The second-order valence-corrected chi connectivity index (χ2v) is 5.75. The minimum absolute atomic E-state index is 0.0559. The Balaban J connectivity index is 1.74. The third kappa shape index (κ3) is 2.08. The van der Waals surface area contributed by atoms with Crippen LogP contribution in [0.2, 0.25) is 0 Å². The van der Waals surface area contributed by atoms with Crippen molar-refractivity contribution in [3.8, 4) is 0 Å². The fraction of sp³-hybridized carbons (Fsp3) is 0.222. The molecule has 0 saturated heterocycles. The molecule has 0 N–H and O–H groups in total. The molecule has 0 atom stereocenters. The van der Waals surface area contributed by atoms with Crippen LogP contribution in [0.5, 0.6) is 0 Å². The summed E-state index contributed by atoms with van der Waals surface area (Å²) in [7, 11) is 0. The number of rotatable bonds is 1. The zero-order chi connectivity index (χ0) is 15.1. The van der Waals surface area contributed by atoms with Crippen molar-refractivity contribution < 1.29 is 4.79 Å². The fourth-order valence-electron chi connectivity index (χ4n) is 3.15. The molecule has 1 aromatic carbocycles. The van der Waals surface area contributed by atoms with E-state index >= 15 is 0 Å². The molecule has 1 aliphatic heterocycles. The largest absolute Gasteiger partial charge is 0.308 e. The Kier molecular flexibility index (Phi) is 2.96. The van der Waals surface area contributed by atoms with E-state index in [1.54, 1.807) is 0 Å². The average molecular weight is 291 g/mol. The molecule has 1 amide bonds. The van der Waals surface area contributed by atoms with E-state index in [1.165, 1.54) is 5.56 Å². The standard InChI is InChI=1S/C18H17N3O/c1-13-11-20-12-15(8-9-17(20)19-13)18(22)21-10-4-6-14-5-2-3-7-16(14)21/h2-3,5,7-9,11-12H,4,6,10H2,1H3. The highest BCUT2D eigenvalue weighted by atomic mass is 16.2. The van der Waals surface area contributed by atoms with Crippen molar-refractivity contribution in [3.05, 3.63) is 65.6 Å². The number of benzene rings is 1. The smallest absolute Gasteiger partial charge is 0.259 e. The molecule has 0 radical (unpaired) electrons. The summed E-state index contributed by atoms with van der Waals surface area (Å²) in [6, 6.07) is 11.9. The van der Waals surface area contributed by atoms with E-state index in [0.29, 0.717) is 5.56 Å². The van der Waals surface area contributed by atoms with Crippen molar-refractivity contribution >= 4 is 17.2 Å². The summed E-state index contributed by atoms with van der Waals surface area (Å²) in [6.45, 7) is 2.73. The molecule has 2 aromatic heterocycles. The number of amides is 1. The second-order valence-electron chi connectivity index (χ2n) is 5.75. The van der Waals surface area contributed by atoms with E-state index in [0.717, 1.165) is 36.4 Å². The maximum atomic E-state index is 12.9. The van der Waals surface area contributed by atoms with Gasteiger partial charge in [0, 0.05) is 24.6 Å². The Morgan fingerprint density at radius 3 is 2.91 bits per heavy atom. The minimum Gasteiger partial charge on any atom is -0.308 e. The van der Waals surface area contributed by atoms with Crippen LogP contribution in [0.4, 0.5) is 5.69 Å². The van der Waals surface area contributed by atoms with Gasteiger partial charge in [-0.15, -0.1) is 0 Å². The molecule has 3 aromatic rings. The number of nitrogens with zero attached hydrogens (tertiary/aromatic N) is 3. The van der Waals surface area contributed by atoms with Crippen LogP contribution >= 0.6 is 0 Å². The third-order valence-electron chi connectivity index (χ3n) is 4.17. The summed E-state index contributed by atoms with van der Waals surface area (Å²) in [5.74, 6) is 0.0559.